The molecule has 0 aliphatic rings. The van der Waals surface area contributed by atoms with Crippen LogP contribution >= 0.6 is 11.6 Å². The molecule has 1 nitrogen and oxygen atoms in total. The molecule has 2 heteroatoms. The summed E-state index contributed by atoms with van der Waals surface area (Å²) in [6.07, 6.45) is 0. The Kier molecular flexibility index (Phi) is 2.66. The van der Waals surface area contributed by atoms with E-state index in [4.69, 9.17) is 11.6 Å². The predicted molar refractivity (Wildman–Crippen MR) is 48.9 cm³/mol. The molecular weight excluding hydrogens is 158 g/mol. The molecule has 0 aliphatic carbocycles. The third kappa shape index (κ3) is 1.81. The second-order valence-electron chi connectivity index (χ2n) is 2.49. The summed E-state index contributed by atoms with van der Waals surface area (Å²) in [6, 6.07) is 8.11. The zero-order valence-corrected chi connectivity index (χ0v) is 7.47. The van der Waals surface area contributed by atoms with Gasteiger partial charge in [0, 0.05) is 11.6 Å². The molecule has 0 spiro atoms. The molecular formula is C9H11ClN+. The third-order valence-electron chi connectivity index (χ3n) is 1.64. The first kappa shape index (κ1) is 8.28. The molecule has 0 heterocycles. The van der Waals surface area contributed by atoms with Crippen LogP contribution in [0.3, 0.4) is 0 Å². The summed E-state index contributed by atoms with van der Waals surface area (Å²) in [5.41, 5.74) is 3.90. The van der Waals surface area contributed by atoms with E-state index in [1.54, 1.807) is 0 Å². The number of halogens is 1. The van der Waals surface area contributed by atoms with Crippen molar-refractivity contribution < 1.29 is 4.58 Å². The Bertz CT molecular complexity index is 279. The molecule has 0 aliphatic heterocycles. The van der Waals surface area contributed by atoms with Gasteiger partial charge in [0.1, 0.15) is 7.05 Å². The second-order valence-corrected chi connectivity index (χ2v) is 2.69. The normalized spacial score (nSPS) is 11.7. The van der Waals surface area contributed by atoms with E-state index in [1.165, 1.54) is 11.2 Å². The molecule has 0 N–H and O–H groups in total. The van der Waals surface area contributed by atoms with Gasteiger partial charge in [-0.15, -0.1) is 0 Å². The van der Waals surface area contributed by atoms with Crippen LogP contribution in [0.1, 0.15) is 5.56 Å². The first-order valence-corrected chi connectivity index (χ1v) is 3.91. The number of para-hydroxylation sites is 1. The molecule has 1 aromatic carbocycles. The highest BCUT2D eigenvalue weighted by molar-refractivity contribution is 6.54. The van der Waals surface area contributed by atoms with E-state index in [1.807, 2.05) is 29.8 Å². The molecule has 0 unspecified atom stereocenters. The van der Waals surface area contributed by atoms with Crippen molar-refractivity contribution in [3.8, 4) is 0 Å². The fourth-order valence-corrected chi connectivity index (χ4v) is 1.12. The van der Waals surface area contributed by atoms with Gasteiger partial charge in [0.25, 0.3) is 0 Å². The van der Waals surface area contributed by atoms with E-state index >= 15 is 0 Å². The molecule has 0 radical (unpaired) electrons. The van der Waals surface area contributed by atoms with Crippen molar-refractivity contribution in [3.63, 3.8) is 0 Å². The van der Waals surface area contributed by atoms with Crippen molar-refractivity contribution >= 4 is 23.0 Å². The minimum Gasteiger partial charge on any atom is -0.191 e. The average molecular weight is 169 g/mol. The molecule has 1 rings (SSSR count). The predicted octanol–water partition coefficient (Wildman–Crippen LogP) is 2.54. The third-order valence-corrected chi connectivity index (χ3v) is 1.93. The zero-order chi connectivity index (χ0) is 8.27. The maximum absolute atomic E-state index is 5.56. The topological polar surface area (TPSA) is 3.01 Å². The molecule has 58 valence electrons. The number of nitrogens with zero attached hydrogens (tertiary/aromatic N) is 1. The molecule has 11 heavy (non-hydrogen) atoms. The van der Waals surface area contributed by atoms with Gasteiger partial charge in [-0.2, -0.15) is 4.58 Å². The Balaban J connectivity index is 3.14. The summed E-state index contributed by atoms with van der Waals surface area (Å²) in [5.74, 6) is 0. The molecule has 0 amide bonds. The summed E-state index contributed by atoms with van der Waals surface area (Å²) >= 11 is 5.56. The highest BCUT2D eigenvalue weighted by atomic mass is 35.5. The highest BCUT2D eigenvalue weighted by Crippen LogP contribution is 2.14. The van der Waals surface area contributed by atoms with Gasteiger partial charge in [-0.25, -0.2) is 0 Å². The minimum atomic E-state index is 1.14. The monoisotopic (exact) mass is 168 g/mol. The minimum absolute atomic E-state index is 1.14. The van der Waals surface area contributed by atoms with E-state index < -0.39 is 0 Å². The van der Waals surface area contributed by atoms with Gasteiger partial charge < -0.3 is 0 Å². The van der Waals surface area contributed by atoms with Crippen LogP contribution in [0.4, 0.5) is 5.69 Å². The second kappa shape index (κ2) is 3.54. The van der Waals surface area contributed by atoms with Crippen molar-refractivity contribution in [2.45, 2.75) is 6.92 Å². The Morgan fingerprint density at radius 1 is 1.36 bits per heavy atom. The lowest BCUT2D eigenvalue weighted by Crippen LogP contribution is -1.97. The molecule has 0 fully saturated rings. The highest BCUT2D eigenvalue weighted by Gasteiger charge is 2.03. The summed E-state index contributed by atoms with van der Waals surface area (Å²) in [5, 5.41) is 0. The maximum Gasteiger partial charge on any atom is 0.238 e. The lowest BCUT2D eigenvalue weighted by atomic mass is 10.2. The fraction of sp³-hybridized carbons (Fsp3) is 0.222. The lowest BCUT2D eigenvalue weighted by Gasteiger charge is -1.97. The van der Waals surface area contributed by atoms with E-state index in [-0.39, 0.29) is 0 Å². The van der Waals surface area contributed by atoms with Gasteiger partial charge in [-0.3, -0.25) is 0 Å². The summed E-state index contributed by atoms with van der Waals surface area (Å²) < 4.78 is 1.89. The standard InChI is InChI=1S/C9H11ClN/c1-8-5-3-4-6-9(8)11(2)7-10/h3-7H,1-2H3/q+1. The van der Waals surface area contributed by atoms with Crippen LogP contribution in [0.5, 0.6) is 0 Å². The van der Waals surface area contributed by atoms with Crippen LogP contribution in [0.2, 0.25) is 0 Å². The largest absolute Gasteiger partial charge is 0.238 e. The average Bonchev–Trinajstić information content (AvgIpc) is 2.04. The van der Waals surface area contributed by atoms with Crippen molar-refractivity contribution in [1.82, 2.24) is 0 Å². The Hall–Kier alpha value is -0.820. The smallest absolute Gasteiger partial charge is 0.191 e. The van der Waals surface area contributed by atoms with Crippen LogP contribution in [-0.2, 0) is 0 Å². The number of hydrogen-bond acceptors (Lipinski definition) is 0. The number of aryl methyl sites for hydroxylation is 1. The van der Waals surface area contributed by atoms with E-state index in [2.05, 4.69) is 13.0 Å². The van der Waals surface area contributed by atoms with E-state index in [0.717, 1.165) is 5.69 Å². The SMILES string of the molecule is Cc1ccccc1[N+](C)=CCl. The number of benzene rings is 1. The van der Waals surface area contributed by atoms with Crippen molar-refractivity contribution in [2.75, 3.05) is 7.05 Å². The van der Waals surface area contributed by atoms with Gasteiger partial charge in [0.2, 0.25) is 11.4 Å². The van der Waals surface area contributed by atoms with Crippen LogP contribution in [0, 0.1) is 6.92 Å². The molecule has 0 atom stereocenters. The lowest BCUT2D eigenvalue weighted by molar-refractivity contribution is -0.397. The van der Waals surface area contributed by atoms with Crippen LogP contribution in [0.25, 0.3) is 0 Å². The van der Waals surface area contributed by atoms with Gasteiger partial charge in [0.15, 0.2) is 0 Å². The molecule has 0 saturated carbocycles. The summed E-state index contributed by atoms with van der Waals surface area (Å²) in [6.45, 7) is 2.06. The van der Waals surface area contributed by atoms with Crippen molar-refractivity contribution in [2.24, 2.45) is 0 Å². The molecule has 0 bridgehead atoms. The number of rotatable bonds is 1. The van der Waals surface area contributed by atoms with Gasteiger partial charge >= 0.3 is 0 Å². The molecule has 1 aromatic rings. The van der Waals surface area contributed by atoms with Crippen molar-refractivity contribution in [3.05, 3.63) is 29.8 Å². The Morgan fingerprint density at radius 3 is 2.55 bits per heavy atom. The quantitative estimate of drug-likeness (QED) is 0.448. The maximum atomic E-state index is 5.56. The zero-order valence-electron chi connectivity index (χ0n) is 6.71. The van der Waals surface area contributed by atoms with Gasteiger partial charge in [-0.1, -0.05) is 18.2 Å². The van der Waals surface area contributed by atoms with Crippen LogP contribution < -0.4 is 0 Å². The van der Waals surface area contributed by atoms with Crippen LogP contribution in [-0.4, -0.2) is 17.3 Å². The van der Waals surface area contributed by atoms with E-state index in [0.29, 0.717) is 0 Å². The van der Waals surface area contributed by atoms with Crippen LogP contribution in [0.15, 0.2) is 24.3 Å². The molecule has 0 saturated heterocycles. The van der Waals surface area contributed by atoms with Gasteiger partial charge in [0.05, 0.1) is 0 Å². The fourth-order valence-electron chi connectivity index (χ4n) is 1.01. The summed E-state index contributed by atoms with van der Waals surface area (Å²) in [4.78, 5) is 0. The van der Waals surface area contributed by atoms with E-state index in [9.17, 15) is 0 Å². The Morgan fingerprint density at radius 2 is 2.00 bits per heavy atom. The first-order chi connectivity index (χ1) is 5.25. The number of hydrogen-bond donors (Lipinski definition) is 0. The Labute approximate surface area is 71.9 Å². The molecule has 0 aromatic heterocycles. The first-order valence-electron chi connectivity index (χ1n) is 3.47. The van der Waals surface area contributed by atoms with Crippen molar-refractivity contribution in [1.29, 1.82) is 0 Å². The van der Waals surface area contributed by atoms with Gasteiger partial charge in [-0.05, 0) is 18.5 Å². The summed E-state index contributed by atoms with van der Waals surface area (Å²) in [7, 11) is 1.93.